The van der Waals surface area contributed by atoms with E-state index in [0.29, 0.717) is 12.0 Å². The summed E-state index contributed by atoms with van der Waals surface area (Å²) in [6.07, 6.45) is 3.52. The molecule has 1 atom stereocenters. The van der Waals surface area contributed by atoms with Gasteiger partial charge in [0.25, 0.3) is 5.91 Å². The van der Waals surface area contributed by atoms with E-state index in [-0.39, 0.29) is 5.91 Å². The van der Waals surface area contributed by atoms with E-state index >= 15 is 0 Å². The molecule has 0 radical (unpaired) electrons. The van der Waals surface area contributed by atoms with Gasteiger partial charge in [-0.1, -0.05) is 0 Å². The van der Waals surface area contributed by atoms with Gasteiger partial charge in [-0.15, -0.1) is 11.3 Å². The lowest BCUT2D eigenvalue weighted by molar-refractivity contribution is 0.0777. The van der Waals surface area contributed by atoms with Crippen LogP contribution < -0.4 is 5.32 Å². The van der Waals surface area contributed by atoms with Crippen molar-refractivity contribution in [3.63, 3.8) is 0 Å². The average molecular weight is 306 g/mol. The smallest absolute Gasteiger partial charge is 0.265 e. The van der Waals surface area contributed by atoms with E-state index < -0.39 is 0 Å². The van der Waals surface area contributed by atoms with Crippen molar-refractivity contribution >= 4 is 17.2 Å². The van der Waals surface area contributed by atoms with Gasteiger partial charge < -0.3 is 10.2 Å². The number of carbonyl (C=O) groups excluding carboxylic acids is 1. The number of piperazine rings is 1. The Kier molecular flexibility index (Phi) is 3.69. The van der Waals surface area contributed by atoms with Crippen LogP contribution in [0.3, 0.4) is 0 Å². The van der Waals surface area contributed by atoms with Crippen LogP contribution in [-0.4, -0.2) is 66.0 Å². The van der Waals surface area contributed by atoms with Crippen molar-refractivity contribution < 1.29 is 4.79 Å². The summed E-state index contributed by atoms with van der Waals surface area (Å²) in [5, 5.41) is 3.39. The summed E-state index contributed by atoms with van der Waals surface area (Å²) in [5.41, 5.74) is 2.90. The average Bonchev–Trinajstić information content (AvgIpc) is 3.06. The zero-order valence-electron chi connectivity index (χ0n) is 12.3. The van der Waals surface area contributed by atoms with Crippen LogP contribution >= 0.6 is 11.3 Å². The molecule has 1 amide bonds. The summed E-state index contributed by atoms with van der Waals surface area (Å²) >= 11 is 1.52. The third-order valence-electron chi connectivity index (χ3n) is 4.87. The molecule has 5 nitrogen and oxygen atoms in total. The number of rotatable bonds is 3. The van der Waals surface area contributed by atoms with Crippen LogP contribution in [0.2, 0.25) is 0 Å². The Balaban J connectivity index is 1.42. The Labute approximate surface area is 129 Å². The molecule has 114 valence electrons. The van der Waals surface area contributed by atoms with E-state index in [2.05, 4.69) is 15.2 Å². The molecule has 0 aromatic carbocycles. The Morgan fingerprint density at radius 2 is 2.05 bits per heavy atom. The highest BCUT2D eigenvalue weighted by Crippen LogP contribution is 2.42. The minimum absolute atomic E-state index is 0.219. The first-order valence-corrected chi connectivity index (χ1v) is 8.88. The molecule has 2 saturated heterocycles. The summed E-state index contributed by atoms with van der Waals surface area (Å²) < 4.78 is 0. The van der Waals surface area contributed by atoms with Gasteiger partial charge in [0.15, 0.2) is 0 Å². The van der Waals surface area contributed by atoms with Crippen LogP contribution in [0.5, 0.6) is 0 Å². The van der Waals surface area contributed by atoms with Gasteiger partial charge >= 0.3 is 0 Å². The summed E-state index contributed by atoms with van der Waals surface area (Å²) in [7, 11) is 0. The minimum atomic E-state index is 0.219. The lowest BCUT2D eigenvalue weighted by Gasteiger charge is -2.32. The van der Waals surface area contributed by atoms with Gasteiger partial charge in [0.2, 0.25) is 0 Å². The van der Waals surface area contributed by atoms with Crippen LogP contribution in [-0.2, 0) is 0 Å². The molecule has 6 heteroatoms. The Morgan fingerprint density at radius 3 is 2.81 bits per heavy atom. The summed E-state index contributed by atoms with van der Waals surface area (Å²) in [6.45, 7) is 6.16. The number of likely N-dealkylation sites (tertiary alicyclic amines) is 1. The number of hydrogen-bond acceptors (Lipinski definition) is 5. The predicted molar refractivity (Wildman–Crippen MR) is 82.8 cm³/mol. The first kappa shape index (κ1) is 13.7. The zero-order valence-corrected chi connectivity index (χ0v) is 13.1. The van der Waals surface area contributed by atoms with Crippen molar-refractivity contribution in [1.82, 2.24) is 20.1 Å². The molecule has 2 aliphatic heterocycles. The van der Waals surface area contributed by atoms with E-state index in [1.54, 1.807) is 0 Å². The number of nitrogens with zero attached hydrogens (tertiary/aromatic N) is 3. The molecule has 1 aliphatic carbocycles. The molecule has 0 spiro atoms. The Bertz CT molecular complexity index is 521. The number of thiazole rings is 1. The van der Waals surface area contributed by atoms with Gasteiger partial charge in [-0.2, -0.15) is 0 Å². The number of carbonyl (C=O) groups is 1. The van der Waals surface area contributed by atoms with Crippen LogP contribution in [0.15, 0.2) is 5.51 Å². The molecule has 21 heavy (non-hydrogen) atoms. The molecular weight excluding hydrogens is 284 g/mol. The molecule has 1 aromatic heterocycles. The summed E-state index contributed by atoms with van der Waals surface area (Å²) in [5.74, 6) is 0.777. The second-order valence-corrected chi connectivity index (χ2v) is 7.18. The fourth-order valence-electron chi connectivity index (χ4n) is 3.48. The molecule has 1 saturated carbocycles. The Hall–Kier alpha value is -0.980. The maximum Gasteiger partial charge on any atom is 0.265 e. The lowest BCUT2D eigenvalue weighted by atomic mass is 10.2. The zero-order chi connectivity index (χ0) is 14.2. The molecular formula is C15H22N4OS. The fourth-order valence-corrected chi connectivity index (χ4v) is 4.32. The molecule has 1 N–H and O–H groups in total. The highest BCUT2D eigenvalue weighted by molar-refractivity contribution is 7.11. The van der Waals surface area contributed by atoms with E-state index in [1.165, 1.54) is 24.2 Å². The molecule has 4 rings (SSSR count). The fraction of sp³-hybridized carbons (Fsp3) is 0.733. The van der Waals surface area contributed by atoms with Gasteiger partial charge in [-0.05, 0) is 19.3 Å². The molecule has 3 heterocycles. The highest BCUT2D eigenvalue weighted by atomic mass is 32.1. The minimum Gasteiger partial charge on any atom is -0.336 e. The van der Waals surface area contributed by atoms with E-state index in [0.717, 1.165) is 56.3 Å². The second-order valence-electron chi connectivity index (χ2n) is 6.32. The number of hydrogen-bond donors (Lipinski definition) is 1. The van der Waals surface area contributed by atoms with E-state index in [1.807, 2.05) is 10.4 Å². The maximum atomic E-state index is 12.8. The van der Waals surface area contributed by atoms with Crippen LogP contribution in [0.25, 0.3) is 0 Å². The van der Waals surface area contributed by atoms with Crippen molar-refractivity contribution in [3.05, 3.63) is 16.1 Å². The maximum absolute atomic E-state index is 12.8. The van der Waals surface area contributed by atoms with Gasteiger partial charge in [0.05, 0.1) is 11.2 Å². The number of aromatic nitrogens is 1. The molecule has 1 unspecified atom stereocenters. The first-order valence-electron chi connectivity index (χ1n) is 8.00. The third kappa shape index (κ3) is 2.72. The largest absolute Gasteiger partial charge is 0.336 e. The normalized spacial score (nSPS) is 27.2. The van der Waals surface area contributed by atoms with E-state index in [4.69, 9.17) is 0 Å². The summed E-state index contributed by atoms with van der Waals surface area (Å²) in [6, 6.07) is 0.549. The molecule has 0 bridgehead atoms. The SMILES string of the molecule is O=C(c1scnc1C1CC1)N1CCC(N2CCNCC2)C1. The third-order valence-corrected chi connectivity index (χ3v) is 5.70. The molecule has 3 fully saturated rings. The van der Waals surface area contributed by atoms with Crippen molar-refractivity contribution in [1.29, 1.82) is 0 Å². The highest BCUT2D eigenvalue weighted by Gasteiger charge is 2.35. The lowest BCUT2D eigenvalue weighted by Crippen LogP contribution is -2.49. The van der Waals surface area contributed by atoms with Gasteiger partial charge in [0.1, 0.15) is 4.88 Å². The second kappa shape index (κ2) is 5.66. The number of nitrogens with one attached hydrogen (secondary N) is 1. The van der Waals surface area contributed by atoms with Crippen molar-refractivity contribution in [2.24, 2.45) is 0 Å². The first-order chi connectivity index (χ1) is 10.3. The van der Waals surface area contributed by atoms with Gasteiger partial charge in [-0.3, -0.25) is 9.69 Å². The number of amides is 1. The topological polar surface area (TPSA) is 48.5 Å². The monoisotopic (exact) mass is 306 g/mol. The van der Waals surface area contributed by atoms with Crippen LogP contribution in [0, 0.1) is 0 Å². The van der Waals surface area contributed by atoms with Crippen molar-refractivity contribution in [2.75, 3.05) is 39.3 Å². The Morgan fingerprint density at radius 1 is 1.24 bits per heavy atom. The quantitative estimate of drug-likeness (QED) is 0.910. The van der Waals surface area contributed by atoms with Crippen LogP contribution in [0.4, 0.5) is 0 Å². The van der Waals surface area contributed by atoms with E-state index in [9.17, 15) is 4.79 Å². The standard InChI is InChI=1S/C15H22N4OS/c20-15(14-13(11-1-2-11)17-10-21-14)19-6-3-12(9-19)18-7-4-16-5-8-18/h10-12,16H,1-9H2. The van der Waals surface area contributed by atoms with Crippen LogP contribution in [0.1, 0.15) is 40.5 Å². The predicted octanol–water partition coefficient (Wildman–Crippen LogP) is 1.14. The van der Waals surface area contributed by atoms with Crippen molar-refractivity contribution in [2.45, 2.75) is 31.2 Å². The van der Waals surface area contributed by atoms with Crippen molar-refractivity contribution in [3.8, 4) is 0 Å². The molecule has 1 aromatic rings. The van der Waals surface area contributed by atoms with Gasteiger partial charge in [-0.25, -0.2) is 4.98 Å². The van der Waals surface area contributed by atoms with Gasteiger partial charge in [0, 0.05) is 51.2 Å². The summed E-state index contributed by atoms with van der Waals surface area (Å²) in [4.78, 5) is 22.7. The molecule has 3 aliphatic rings.